The molecule has 1 aromatic carbocycles. The molecule has 1 aromatic heterocycles. The minimum atomic E-state index is 0.0343. The molecule has 0 amide bonds. The van der Waals surface area contributed by atoms with E-state index in [0.29, 0.717) is 12.6 Å². The van der Waals surface area contributed by atoms with Gasteiger partial charge in [0.15, 0.2) is 5.96 Å². The molecule has 0 spiro atoms. The van der Waals surface area contributed by atoms with Crippen LogP contribution in [0.4, 0.5) is 0 Å². The first kappa shape index (κ1) is 19.9. The lowest BCUT2D eigenvalue weighted by Crippen LogP contribution is -2.51. The molecule has 7 heteroatoms. The summed E-state index contributed by atoms with van der Waals surface area (Å²) in [6.07, 6.45) is 5.08. The van der Waals surface area contributed by atoms with Crippen LogP contribution in [0, 0.1) is 0 Å². The number of rotatable bonds is 4. The van der Waals surface area contributed by atoms with Crippen molar-refractivity contribution in [1.29, 1.82) is 0 Å². The number of hydrogen-bond donors (Lipinski definition) is 1. The maximum absolute atomic E-state index is 5.97. The number of guanidine groups is 1. The first-order valence-electron chi connectivity index (χ1n) is 10.5. The number of morpholine rings is 1. The van der Waals surface area contributed by atoms with Crippen LogP contribution < -0.4 is 5.32 Å². The average Bonchev–Trinajstić information content (AvgIpc) is 3.20. The predicted octanol–water partition coefficient (Wildman–Crippen LogP) is 1.82. The van der Waals surface area contributed by atoms with Crippen LogP contribution in [0.5, 0.6) is 0 Å². The lowest BCUT2D eigenvalue weighted by Gasteiger charge is -2.37. The maximum Gasteiger partial charge on any atom is 0.193 e. The van der Waals surface area contributed by atoms with Crippen LogP contribution in [0.1, 0.15) is 29.7 Å². The first-order valence-corrected chi connectivity index (χ1v) is 10.5. The Morgan fingerprint density at radius 3 is 2.90 bits per heavy atom. The molecule has 2 unspecified atom stereocenters. The van der Waals surface area contributed by atoms with Crippen molar-refractivity contribution in [2.45, 2.75) is 32.0 Å². The minimum Gasteiger partial charge on any atom is -0.370 e. The van der Waals surface area contributed by atoms with Crippen LogP contribution >= 0.6 is 0 Å². The van der Waals surface area contributed by atoms with E-state index in [4.69, 9.17) is 4.74 Å². The van der Waals surface area contributed by atoms with Gasteiger partial charge in [0.25, 0.3) is 0 Å². The number of aliphatic imine (C=N–C) groups is 1. The largest absolute Gasteiger partial charge is 0.370 e. The Labute approximate surface area is 173 Å². The van der Waals surface area contributed by atoms with Gasteiger partial charge in [-0.05, 0) is 24.5 Å². The van der Waals surface area contributed by atoms with E-state index in [1.54, 1.807) is 0 Å². The Morgan fingerprint density at radius 2 is 2.14 bits per heavy atom. The number of aromatic nitrogens is 2. The predicted molar refractivity (Wildman–Crippen MR) is 115 cm³/mol. The molecule has 0 aliphatic carbocycles. The SMILES string of the molecule is CN=C(NCC(C)N1CCc2ccccc2C1)N1CCOC(c2cnn(C)c2)C1. The number of aryl methyl sites for hydroxylation is 1. The van der Waals surface area contributed by atoms with Crippen LogP contribution in [0.3, 0.4) is 0 Å². The van der Waals surface area contributed by atoms with E-state index in [0.717, 1.165) is 50.7 Å². The summed E-state index contributed by atoms with van der Waals surface area (Å²) in [5.74, 6) is 0.950. The molecule has 0 saturated carbocycles. The fourth-order valence-corrected chi connectivity index (χ4v) is 4.24. The van der Waals surface area contributed by atoms with Gasteiger partial charge in [-0.3, -0.25) is 14.6 Å². The van der Waals surface area contributed by atoms with Gasteiger partial charge in [0, 0.05) is 58.1 Å². The fourth-order valence-electron chi connectivity index (χ4n) is 4.24. The van der Waals surface area contributed by atoms with Gasteiger partial charge in [0.1, 0.15) is 6.10 Å². The number of fused-ring (bicyclic) bond motifs is 1. The van der Waals surface area contributed by atoms with Crippen molar-refractivity contribution >= 4 is 5.96 Å². The van der Waals surface area contributed by atoms with Gasteiger partial charge in [-0.25, -0.2) is 0 Å². The number of ether oxygens (including phenoxy) is 1. The van der Waals surface area contributed by atoms with Crippen LogP contribution in [0.15, 0.2) is 41.7 Å². The Balaban J connectivity index is 1.32. The topological polar surface area (TPSA) is 57.9 Å². The second-order valence-electron chi connectivity index (χ2n) is 8.02. The standard InChI is InChI=1S/C22H32N6O/c1-17(27-9-8-18-6-4-5-7-19(18)15-27)12-24-22(23-2)28-10-11-29-21(16-28)20-13-25-26(3)14-20/h4-7,13-14,17,21H,8-12,15-16H2,1-3H3,(H,23,24). The Morgan fingerprint density at radius 1 is 1.31 bits per heavy atom. The van der Waals surface area contributed by atoms with E-state index < -0.39 is 0 Å². The zero-order valence-electron chi connectivity index (χ0n) is 17.7. The summed E-state index contributed by atoms with van der Waals surface area (Å²) in [6.45, 7) is 7.64. The number of nitrogens with zero attached hydrogens (tertiary/aromatic N) is 5. The number of nitrogens with one attached hydrogen (secondary N) is 1. The fraction of sp³-hybridized carbons (Fsp3) is 0.545. The van der Waals surface area contributed by atoms with Gasteiger partial charge in [-0.2, -0.15) is 5.10 Å². The van der Waals surface area contributed by atoms with Crippen LogP contribution in [0.25, 0.3) is 0 Å². The quantitative estimate of drug-likeness (QED) is 0.631. The molecule has 0 radical (unpaired) electrons. The van der Waals surface area contributed by atoms with Crippen molar-refractivity contribution in [3.63, 3.8) is 0 Å². The Hall–Kier alpha value is -2.38. The van der Waals surface area contributed by atoms with Gasteiger partial charge < -0.3 is 15.0 Å². The van der Waals surface area contributed by atoms with E-state index >= 15 is 0 Å². The number of benzene rings is 1. The first-order chi connectivity index (χ1) is 14.1. The second kappa shape index (κ2) is 8.97. The highest BCUT2D eigenvalue weighted by Crippen LogP contribution is 2.22. The highest BCUT2D eigenvalue weighted by molar-refractivity contribution is 5.80. The van der Waals surface area contributed by atoms with Crippen LogP contribution in [-0.2, 0) is 24.8 Å². The molecule has 2 aliphatic rings. The summed E-state index contributed by atoms with van der Waals surface area (Å²) in [7, 11) is 3.80. The summed E-state index contributed by atoms with van der Waals surface area (Å²) in [5, 5.41) is 7.87. The maximum atomic E-state index is 5.97. The highest BCUT2D eigenvalue weighted by Gasteiger charge is 2.26. The molecule has 4 rings (SSSR count). The van der Waals surface area contributed by atoms with E-state index in [2.05, 4.69) is 56.4 Å². The smallest absolute Gasteiger partial charge is 0.193 e. The van der Waals surface area contributed by atoms with Crippen molar-refractivity contribution in [3.05, 3.63) is 53.3 Å². The van der Waals surface area contributed by atoms with Crippen molar-refractivity contribution in [1.82, 2.24) is 24.9 Å². The molecule has 29 heavy (non-hydrogen) atoms. The molecule has 7 nitrogen and oxygen atoms in total. The minimum absolute atomic E-state index is 0.0343. The zero-order chi connectivity index (χ0) is 20.2. The molecular formula is C22H32N6O. The second-order valence-corrected chi connectivity index (χ2v) is 8.02. The van der Waals surface area contributed by atoms with E-state index in [1.165, 1.54) is 11.1 Å². The molecule has 2 atom stereocenters. The zero-order valence-corrected chi connectivity index (χ0v) is 17.7. The Bertz CT molecular complexity index is 847. The molecule has 2 aliphatic heterocycles. The summed E-state index contributed by atoms with van der Waals surface area (Å²) in [5.41, 5.74) is 4.07. The van der Waals surface area contributed by atoms with Gasteiger partial charge in [-0.15, -0.1) is 0 Å². The molecule has 3 heterocycles. The van der Waals surface area contributed by atoms with Crippen LogP contribution in [-0.4, -0.2) is 71.4 Å². The third-order valence-electron chi connectivity index (χ3n) is 6.01. The normalized spacial score (nSPS) is 21.7. The summed E-state index contributed by atoms with van der Waals surface area (Å²) < 4.78 is 7.79. The van der Waals surface area contributed by atoms with Gasteiger partial charge in [0.05, 0.1) is 19.3 Å². The molecule has 1 N–H and O–H groups in total. The van der Waals surface area contributed by atoms with E-state index in [1.807, 2.05) is 31.2 Å². The van der Waals surface area contributed by atoms with Crippen molar-refractivity contribution in [3.8, 4) is 0 Å². The molecular weight excluding hydrogens is 364 g/mol. The van der Waals surface area contributed by atoms with Crippen LogP contribution in [0.2, 0.25) is 0 Å². The Kier molecular flexibility index (Phi) is 6.16. The third kappa shape index (κ3) is 4.62. The van der Waals surface area contributed by atoms with Crippen molar-refractivity contribution in [2.75, 3.05) is 39.8 Å². The van der Waals surface area contributed by atoms with Gasteiger partial charge in [0.2, 0.25) is 0 Å². The molecule has 1 saturated heterocycles. The number of hydrogen-bond acceptors (Lipinski definition) is 4. The molecule has 2 aromatic rings. The summed E-state index contributed by atoms with van der Waals surface area (Å²) >= 11 is 0. The summed E-state index contributed by atoms with van der Waals surface area (Å²) in [6, 6.07) is 9.24. The third-order valence-corrected chi connectivity index (χ3v) is 6.01. The monoisotopic (exact) mass is 396 g/mol. The van der Waals surface area contributed by atoms with E-state index in [-0.39, 0.29) is 6.10 Å². The average molecular weight is 397 g/mol. The lowest BCUT2D eigenvalue weighted by atomic mass is 9.99. The van der Waals surface area contributed by atoms with Crippen molar-refractivity contribution < 1.29 is 4.74 Å². The lowest BCUT2D eigenvalue weighted by molar-refractivity contribution is -0.00813. The summed E-state index contributed by atoms with van der Waals surface area (Å²) in [4.78, 5) is 9.38. The van der Waals surface area contributed by atoms with Crippen molar-refractivity contribution in [2.24, 2.45) is 12.0 Å². The van der Waals surface area contributed by atoms with Gasteiger partial charge in [-0.1, -0.05) is 24.3 Å². The van der Waals surface area contributed by atoms with E-state index in [9.17, 15) is 0 Å². The molecule has 156 valence electrons. The van der Waals surface area contributed by atoms with Gasteiger partial charge >= 0.3 is 0 Å². The molecule has 0 bridgehead atoms. The highest BCUT2D eigenvalue weighted by atomic mass is 16.5. The molecule has 1 fully saturated rings.